The minimum absolute atomic E-state index is 0.0100. The highest BCUT2D eigenvalue weighted by Gasteiger charge is 2.68. The minimum Gasteiger partial charge on any atom is -0.377 e. The molecule has 96 valence electrons. The van der Waals surface area contributed by atoms with E-state index in [0.717, 1.165) is 25.7 Å². The van der Waals surface area contributed by atoms with E-state index in [0.29, 0.717) is 5.92 Å². The van der Waals surface area contributed by atoms with Crippen LogP contribution in [0.3, 0.4) is 0 Å². The second-order valence-corrected chi connectivity index (χ2v) is 6.76. The van der Waals surface area contributed by atoms with Crippen molar-refractivity contribution in [2.75, 3.05) is 0 Å². The summed E-state index contributed by atoms with van der Waals surface area (Å²) in [5.74, 6) is 7.09. The molecule has 0 heterocycles. The third kappa shape index (κ3) is 1.65. The molecular formula is C16H26O. The van der Waals surface area contributed by atoms with Crippen LogP contribution in [-0.4, -0.2) is 10.7 Å². The van der Waals surface area contributed by atoms with Crippen LogP contribution in [-0.2, 0) is 0 Å². The predicted molar refractivity (Wildman–Crippen MR) is 71.5 cm³/mol. The summed E-state index contributed by atoms with van der Waals surface area (Å²) >= 11 is 0. The van der Waals surface area contributed by atoms with Gasteiger partial charge in [-0.1, -0.05) is 40.0 Å². The lowest BCUT2D eigenvalue weighted by molar-refractivity contribution is -0.0433. The molecule has 0 aromatic rings. The summed E-state index contributed by atoms with van der Waals surface area (Å²) < 4.78 is 0. The summed E-state index contributed by atoms with van der Waals surface area (Å²) in [5.41, 5.74) is -0.502. The lowest BCUT2D eigenvalue weighted by Gasteiger charge is -2.42. The van der Waals surface area contributed by atoms with Gasteiger partial charge in [0.05, 0.1) is 0 Å². The van der Waals surface area contributed by atoms with Crippen molar-refractivity contribution in [2.24, 2.45) is 16.7 Å². The Morgan fingerprint density at radius 1 is 1.29 bits per heavy atom. The van der Waals surface area contributed by atoms with Crippen LogP contribution in [0.1, 0.15) is 66.2 Å². The first kappa shape index (κ1) is 13.0. The van der Waals surface area contributed by atoms with Gasteiger partial charge in [0.1, 0.15) is 5.60 Å². The van der Waals surface area contributed by atoms with Crippen molar-refractivity contribution in [3.8, 4) is 11.8 Å². The number of hydrogen-bond donors (Lipinski definition) is 1. The van der Waals surface area contributed by atoms with Gasteiger partial charge in [-0.3, -0.25) is 0 Å². The van der Waals surface area contributed by atoms with Crippen molar-refractivity contribution in [1.29, 1.82) is 0 Å². The van der Waals surface area contributed by atoms with Gasteiger partial charge < -0.3 is 5.11 Å². The molecule has 0 aliphatic heterocycles. The standard InChI is InChI=1S/C16H26O/c1-5-6-7-8-10-16(17)12-13-9-11-15(16,4)14(13,2)3/h13,17H,5-7,9,11-12H2,1-4H3. The molecule has 17 heavy (non-hydrogen) atoms. The smallest absolute Gasteiger partial charge is 0.131 e. The molecule has 2 saturated carbocycles. The topological polar surface area (TPSA) is 20.2 Å². The third-order valence-electron chi connectivity index (χ3n) is 5.84. The van der Waals surface area contributed by atoms with E-state index in [1.807, 2.05) is 0 Å². The summed E-state index contributed by atoms with van der Waals surface area (Å²) in [6, 6.07) is 0. The summed E-state index contributed by atoms with van der Waals surface area (Å²) in [4.78, 5) is 0. The Morgan fingerprint density at radius 2 is 2.00 bits per heavy atom. The van der Waals surface area contributed by atoms with Gasteiger partial charge in [0, 0.05) is 11.8 Å². The number of rotatable bonds is 2. The van der Waals surface area contributed by atoms with Gasteiger partial charge in [-0.25, -0.2) is 0 Å². The molecule has 1 nitrogen and oxygen atoms in total. The van der Waals surface area contributed by atoms with Crippen molar-refractivity contribution in [1.82, 2.24) is 0 Å². The zero-order valence-corrected chi connectivity index (χ0v) is 11.8. The summed E-state index contributed by atoms with van der Waals surface area (Å²) in [5, 5.41) is 10.9. The van der Waals surface area contributed by atoms with E-state index in [9.17, 15) is 5.11 Å². The minimum atomic E-state index is -0.729. The first-order chi connectivity index (χ1) is 7.87. The fraction of sp³-hybridized carbons (Fsp3) is 0.875. The van der Waals surface area contributed by atoms with Gasteiger partial charge in [0.25, 0.3) is 0 Å². The average molecular weight is 234 g/mol. The Kier molecular flexibility index (Phi) is 3.07. The second-order valence-electron chi connectivity index (χ2n) is 6.76. The monoisotopic (exact) mass is 234 g/mol. The van der Waals surface area contributed by atoms with Crippen LogP contribution >= 0.6 is 0 Å². The predicted octanol–water partition coefficient (Wildman–Crippen LogP) is 3.76. The molecule has 1 heteroatoms. The summed E-state index contributed by atoms with van der Waals surface area (Å²) in [6.07, 6.45) is 6.53. The molecule has 2 fully saturated rings. The molecule has 3 unspecified atom stereocenters. The lowest BCUT2D eigenvalue weighted by atomic mass is 9.64. The highest BCUT2D eigenvalue weighted by molar-refractivity contribution is 5.29. The molecule has 0 aromatic carbocycles. The average Bonchev–Trinajstić information content (AvgIpc) is 2.56. The van der Waals surface area contributed by atoms with Crippen molar-refractivity contribution < 1.29 is 5.11 Å². The maximum atomic E-state index is 10.9. The maximum absolute atomic E-state index is 10.9. The molecule has 1 N–H and O–H groups in total. The van der Waals surface area contributed by atoms with E-state index in [2.05, 4.69) is 39.5 Å². The zero-order valence-electron chi connectivity index (χ0n) is 11.8. The van der Waals surface area contributed by atoms with Crippen LogP contribution in [0.4, 0.5) is 0 Å². The largest absolute Gasteiger partial charge is 0.377 e. The van der Waals surface area contributed by atoms with E-state index in [-0.39, 0.29) is 10.8 Å². The summed E-state index contributed by atoms with van der Waals surface area (Å²) in [6.45, 7) is 9.06. The fourth-order valence-electron chi connectivity index (χ4n) is 3.94. The first-order valence-electron chi connectivity index (χ1n) is 7.10. The highest BCUT2D eigenvalue weighted by atomic mass is 16.3. The molecule has 0 spiro atoms. The van der Waals surface area contributed by atoms with Crippen LogP contribution in [0.5, 0.6) is 0 Å². The van der Waals surface area contributed by atoms with Crippen LogP contribution in [0.15, 0.2) is 0 Å². The van der Waals surface area contributed by atoms with Crippen molar-refractivity contribution in [3.05, 3.63) is 0 Å². The molecule has 2 aliphatic rings. The van der Waals surface area contributed by atoms with Gasteiger partial charge in [-0.15, -0.1) is 5.92 Å². The Hall–Kier alpha value is -0.480. The summed E-state index contributed by atoms with van der Waals surface area (Å²) in [7, 11) is 0. The number of unbranched alkanes of at least 4 members (excludes halogenated alkanes) is 2. The van der Waals surface area contributed by atoms with Crippen molar-refractivity contribution in [2.45, 2.75) is 71.8 Å². The van der Waals surface area contributed by atoms with Crippen molar-refractivity contribution >= 4 is 0 Å². The lowest BCUT2D eigenvalue weighted by Crippen LogP contribution is -2.46. The molecule has 2 aliphatic carbocycles. The van der Waals surface area contributed by atoms with Crippen LogP contribution in [0.2, 0.25) is 0 Å². The van der Waals surface area contributed by atoms with E-state index >= 15 is 0 Å². The Labute approximate surface area is 106 Å². The SMILES string of the molecule is CCCCC#CC1(O)CC2CCC1(C)C2(C)C. The van der Waals surface area contributed by atoms with Gasteiger partial charge in [-0.05, 0) is 37.0 Å². The Morgan fingerprint density at radius 3 is 2.47 bits per heavy atom. The van der Waals surface area contributed by atoms with Crippen molar-refractivity contribution in [3.63, 3.8) is 0 Å². The third-order valence-corrected chi connectivity index (χ3v) is 5.84. The fourth-order valence-corrected chi connectivity index (χ4v) is 3.94. The van der Waals surface area contributed by atoms with Crippen LogP contribution in [0.25, 0.3) is 0 Å². The van der Waals surface area contributed by atoms with E-state index in [1.165, 1.54) is 12.8 Å². The van der Waals surface area contributed by atoms with Gasteiger partial charge in [-0.2, -0.15) is 0 Å². The highest BCUT2D eigenvalue weighted by Crippen LogP contribution is 2.69. The van der Waals surface area contributed by atoms with Gasteiger partial charge in [0.15, 0.2) is 0 Å². The molecule has 0 radical (unpaired) electrons. The maximum Gasteiger partial charge on any atom is 0.131 e. The Bertz CT molecular complexity index is 359. The molecule has 2 bridgehead atoms. The molecule has 0 saturated heterocycles. The van der Waals surface area contributed by atoms with E-state index in [1.54, 1.807) is 0 Å². The molecule has 0 aromatic heterocycles. The van der Waals surface area contributed by atoms with E-state index < -0.39 is 5.60 Å². The number of hydrogen-bond acceptors (Lipinski definition) is 1. The van der Waals surface area contributed by atoms with Crippen LogP contribution < -0.4 is 0 Å². The zero-order chi connectivity index (χ0) is 12.7. The number of aliphatic hydroxyl groups is 1. The Balaban J connectivity index is 2.20. The second kappa shape index (κ2) is 4.02. The quantitative estimate of drug-likeness (QED) is 0.570. The number of fused-ring (bicyclic) bond motifs is 2. The molecule has 3 atom stereocenters. The van der Waals surface area contributed by atoms with E-state index in [4.69, 9.17) is 0 Å². The molecule has 0 amide bonds. The first-order valence-corrected chi connectivity index (χ1v) is 7.10. The van der Waals surface area contributed by atoms with Gasteiger partial charge in [0.2, 0.25) is 0 Å². The molecule has 2 rings (SSSR count). The normalized spacial score (nSPS) is 42.3. The molecular weight excluding hydrogens is 208 g/mol. The van der Waals surface area contributed by atoms with Gasteiger partial charge >= 0.3 is 0 Å². The van der Waals surface area contributed by atoms with Crippen LogP contribution in [0, 0.1) is 28.6 Å².